The third-order valence-corrected chi connectivity index (χ3v) is 7.10. The maximum absolute atomic E-state index is 13.8. The van der Waals surface area contributed by atoms with Gasteiger partial charge in [-0.25, -0.2) is 8.42 Å². The first-order chi connectivity index (χ1) is 17.1. The highest BCUT2D eigenvalue weighted by molar-refractivity contribution is 7.92. The van der Waals surface area contributed by atoms with E-state index in [9.17, 15) is 18.0 Å². The third kappa shape index (κ3) is 5.64. The molecular weight excluding hydrogens is 510 g/mol. The zero-order valence-electron chi connectivity index (χ0n) is 19.6. The summed E-state index contributed by atoms with van der Waals surface area (Å²) in [6.07, 6.45) is 0. The number of sulfonamides is 1. The molecule has 3 aromatic rings. The lowest BCUT2D eigenvalue weighted by Crippen LogP contribution is -2.38. The zero-order chi connectivity index (χ0) is 26.5. The Balaban J connectivity index is 2.09. The van der Waals surface area contributed by atoms with E-state index in [2.05, 4.69) is 5.32 Å². The Labute approximate surface area is 213 Å². The number of carbonyl (C=O) groups excluding carboxylic acids is 2. The van der Waals surface area contributed by atoms with Crippen molar-refractivity contribution < 1.29 is 32.2 Å². The van der Waals surface area contributed by atoms with Gasteiger partial charge in [-0.1, -0.05) is 23.7 Å². The lowest BCUT2D eigenvalue weighted by molar-refractivity contribution is -0.114. The van der Waals surface area contributed by atoms with Crippen LogP contribution in [0.4, 0.5) is 11.4 Å². The summed E-state index contributed by atoms with van der Waals surface area (Å²) in [6, 6.07) is 14.5. The van der Waals surface area contributed by atoms with E-state index >= 15 is 0 Å². The van der Waals surface area contributed by atoms with Crippen LogP contribution in [0.15, 0.2) is 65.6 Å². The van der Waals surface area contributed by atoms with Gasteiger partial charge in [-0.05, 0) is 42.5 Å². The number of nitrogens with one attached hydrogen (secondary N) is 1. The minimum absolute atomic E-state index is 0.0260. The van der Waals surface area contributed by atoms with E-state index in [4.69, 9.17) is 31.5 Å². The van der Waals surface area contributed by atoms with Gasteiger partial charge in [-0.2, -0.15) is 0 Å². The Bertz CT molecular complexity index is 1400. The first-order valence-corrected chi connectivity index (χ1v) is 12.2. The highest BCUT2D eigenvalue weighted by atomic mass is 35.5. The second-order valence-electron chi connectivity index (χ2n) is 7.30. The molecule has 3 rings (SSSR count). The molecule has 0 saturated heterocycles. The summed E-state index contributed by atoms with van der Waals surface area (Å²) in [5.74, 6) is -0.832. The molecule has 0 unspecified atom stereocenters. The maximum atomic E-state index is 13.8. The van der Waals surface area contributed by atoms with Crippen LogP contribution in [0.2, 0.25) is 5.02 Å². The summed E-state index contributed by atoms with van der Waals surface area (Å²) in [7, 11) is -0.219. The van der Waals surface area contributed by atoms with Gasteiger partial charge in [-0.3, -0.25) is 13.9 Å². The smallest absolute Gasteiger partial charge is 0.265 e. The molecule has 3 aromatic carbocycles. The van der Waals surface area contributed by atoms with Gasteiger partial charge in [0.1, 0.15) is 12.3 Å². The SMILES string of the molecule is COc1ccc(S(=O)(=O)N(CC(=O)Nc2ccccc2C(N)=O)c2cc(Cl)ccc2OC)cc1OC. The highest BCUT2D eigenvalue weighted by Gasteiger charge is 2.31. The molecule has 0 radical (unpaired) electrons. The number of halogens is 1. The number of hydrogen-bond donors (Lipinski definition) is 2. The van der Waals surface area contributed by atoms with Gasteiger partial charge in [0, 0.05) is 11.1 Å². The van der Waals surface area contributed by atoms with Crippen LogP contribution >= 0.6 is 11.6 Å². The summed E-state index contributed by atoms with van der Waals surface area (Å²) in [5, 5.41) is 2.76. The van der Waals surface area contributed by atoms with E-state index in [1.54, 1.807) is 12.1 Å². The van der Waals surface area contributed by atoms with E-state index in [1.807, 2.05) is 0 Å². The fraction of sp³-hybridized carbons (Fsp3) is 0.167. The maximum Gasteiger partial charge on any atom is 0.265 e. The Kier molecular flexibility index (Phi) is 8.28. The molecule has 36 heavy (non-hydrogen) atoms. The standard InChI is InChI=1S/C24H24ClN3O7S/c1-33-20-10-8-15(25)12-19(20)28(14-23(29)27-18-7-5-4-6-17(18)24(26)30)36(31,32)16-9-11-21(34-2)22(13-16)35-3/h4-13H,14H2,1-3H3,(H2,26,30)(H,27,29). The second-order valence-corrected chi connectivity index (χ2v) is 9.60. The number of amides is 2. The van der Waals surface area contributed by atoms with E-state index in [-0.39, 0.29) is 38.4 Å². The molecule has 0 bridgehead atoms. The largest absolute Gasteiger partial charge is 0.495 e. The number of nitrogens with zero attached hydrogens (tertiary/aromatic N) is 1. The molecule has 12 heteroatoms. The average Bonchev–Trinajstić information content (AvgIpc) is 2.86. The van der Waals surface area contributed by atoms with Crippen LogP contribution in [-0.2, 0) is 14.8 Å². The Hall–Kier alpha value is -3.96. The van der Waals surface area contributed by atoms with Crippen LogP contribution in [0.3, 0.4) is 0 Å². The minimum Gasteiger partial charge on any atom is -0.495 e. The van der Waals surface area contributed by atoms with E-state index in [0.717, 1.165) is 4.31 Å². The number of nitrogens with two attached hydrogens (primary N) is 1. The van der Waals surface area contributed by atoms with Gasteiger partial charge in [0.15, 0.2) is 11.5 Å². The predicted molar refractivity (Wildman–Crippen MR) is 136 cm³/mol. The number of carbonyl (C=O) groups is 2. The van der Waals surface area contributed by atoms with Crippen LogP contribution in [0, 0.1) is 0 Å². The van der Waals surface area contributed by atoms with Crippen molar-refractivity contribution >= 4 is 44.8 Å². The monoisotopic (exact) mass is 533 g/mol. The van der Waals surface area contributed by atoms with Crippen molar-refractivity contribution in [1.82, 2.24) is 0 Å². The number of hydrogen-bond acceptors (Lipinski definition) is 7. The van der Waals surface area contributed by atoms with Crippen LogP contribution in [0.25, 0.3) is 0 Å². The minimum atomic E-state index is -4.37. The molecule has 0 atom stereocenters. The number of rotatable bonds is 10. The van der Waals surface area contributed by atoms with E-state index < -0.39 is 28.4 Å². The Morgan fingerprint density at radius 2 is 1.56 bits per heavy atom. The summed E-state index contributed by atoms with van der Waals surface area (Å²) in [4.78, 5) is 24.6. The Morgan fingerprint density at radius 1 is 0.917 bits per heavy atom. The number of anilines is 2. The van der Waals surface area contributed by atoms with Crippen molar-refractivity contribution in [3.05, 3.63) is 71.2 Å². The molecule has 0 aliphatic heterocycles. The molecule has 0 spiro atoms. The molecule has 0 aromatic heterocycles. The van der Waals surface area contributed by atoms with Gasteiger partial charge < -0.3 is 25.3 Å². The molecular formula is C24H24ClN3O7S. The predicted octanol–water partition coefficient (Wildman–Crippen LogP) is 3.30. The van der Waals surface area contributed by atoms with Crippen molar-refractivity contribution in [3.8, 4) is 17.2 Å². The van der Waals surface area contributed by atoms with Gasteiger partial charge >= 0.3 is 0 Å². The van der Waals surface area contributed by atoms with Crippen LogP contribution in [0.1, 0.15) is 10.4 Å². The first kappa shape index (κ1) is 26.6. The number of para-hydroxylation sites is 1. The van der Waals surface area contributed by atoms with Gasteiger partial charge in [-0.15, -0.1) is 0 Å². The molecule has 0 aliphatic carbocycles. The summed E-state index contributed by atoms with van der Waals surface area (Å²) in [5.41, 5.74) is 5.62. The van der Waals surface area contributed by atoms with Gasteiger partial charge in [0.2, 0.25) is 5.91 Å². The fourth-order valence-corrected chi connectivity index (χ4v) is 4.99. The average molecular weight is 534 g/mol. The lowest BCUT2D eigenvalue weighted by atomic mass is 10.1. The molecule has 0 fully saturated rings. The summed E-state index contributed by atoms with van der Waals surface area (Å²) in [6.45, 7) is -0.680. The highest BCUT2D eigenvalue weighted by Crippen LogP contribution is 2.37. The fourth-order valence-electron chi connectivity index (χ4n) is 3.39. The lowest BCUT2D eigenvalue weighted by Gasteiger charge is -2.26. The molecule has 0 aliphatic rings. The first-order valence-electron chi connectivity index (χ1n) is 10.4. The van der Waals surface area contributed by atoms with Crippen molar-refractivity contribution in [2.24, 2.45) is 5.73 Å². The van der Waals surface area contributed by atoms with Crippen molar-refractivity contribution in [2.75, 3.05) is 37.5 Å². The van der Waals surface area contributed by atoms with Crippen molar-refractivity contribution in [2.45, 2.75) is 4.90 Å². The molecule has 190 valence electrons. The normalized spacial score (nSPS) is 10.9. The number of benzene rings is 3. The topological polar surface area (TPSA) is 137 Å². The molecule has 2 amide bonds. The number of primary amides is 1. The molecule has 3 N–H and O–H groups in total. The van der Waals surface area contributed by atoms with Crippen LogP contribution in [0.5, 0.6) is 17.2 Å². The quantitative estimate of drug-likeness (QED) is 0.408. The second kappa shape index (κ2) is 11.2. The zero-order valence-corrected chi connectivity index (χ0v) is 21.2. The van der Waals surface area contributed by atoms with Crippen LogP contribution < -0.4 is 29.6 Å². The van der Waals surface area contributed by atoms with E-state index in [1.165, 1.54) is 69.9 Å². The molecule has 10 nitrogen and oxygen atoms in total. The van der Waals surface area contributed by atoms with Crippen molar-refractivity contribution in [3.63, 3.8) is 0 Å². The van der Waals surface area contributed by atoms with Gasteiger partial charge in [0.25, 0.3) is 15.9 Å². The Morgan fingerprint density at radius 3 is 2.19 bits per heavy atom. The third-order valence-electron chi connectivity index (χ3n) is 5.11. The van der Waals surface area contributed by atoms with Crippen molar-refractivity contribution in [1.29, 1.82) is 0 Å². The molecule has 0 heterocycles. The summed E-state index contributed by atoms with van der Waals surface area (Å²) < 4.78 is 44.3. The molecule has 0 saturated carbocycles. The number of methoxy groups -OCH3 is 3. The van der Waals surface area contributed by atoms with Crippen LogP contribution in [-0.4, -0.2) is 48.1 Å². The van der Waals surface area contributed by atoms with Gasteiger partial charge in [0.05, 0.1) is 43.2 Å². The van der Waals surface area contributed by atoms with E-state index in [0.29, 0.717) is 5.75 Å². The summed E-state index contributed by atoms with van der Waals surface area (Å²) >= 11 is 6.16. The number of ether oxygens (including phenoxy) is 3.